The molecule has 1 aromatic heterocycles. The lowest BCUT2D eigenvalue weighted by molar-refractivity contribution is -0.141. The zero-order chi connectivity index (χ0) is 17.8. The summed E-state index contributed by atoms with van der Waals surface area (Å²) in [4.78, 5) is 38.6. The molecule has 2 aromatic rings. The molecule has 7 heteroatoms. The molecule has 0 bridgehead atoms. The molecule has 0 aliphatic carbocycles. The van der Waals surface area contributed by atoms with Crippen molar-refractivity contribution in [1.29, 1.82) is 0 Å². The first-order valence-electron chi connectivity index (χ1n) is 7.86. The summed E-state index contributed by atoms with van der Waals surface area (Å²) < 4.78 is 5.40. The van der Waals surface area contributed by atoms with E-state index in [2.05, 4.69) is 0 Å². The summed E-state index contributed by atoms with van der Waals surface area (Å²) in [5, 5.41) is 10.7. The van der Waals surface area contributed by atoms with Gasteiger partial charge in [-0.3, -0.25) is 14.4 Å². The van der Waals surface area contributed by atoms with E-state index in [0.717, 1.165) is 0 Å². The molecular formula is C18H17NO5S. The fourth-order valence-electron chi connectivity index (χ4n) is 2.80. The van der Waals surface area contributed by atoms with Crippen LogP contribution in [-0.2, 0) is 9.53 Å². The number of hydrogen-bond acceptors (Lipinski definition) is 5. The number of carbonyl (C=O) groups excluding carboxylic acids is 2. The Morgan fingerprint density at radius 2 is 1.92 bits per heavy atom. The van der Waals surface area contributed by atoms with Crippen LogP contribution in [0.1, 0.15) is 32.0 Å². The van der Waals surface area contributed by atoms with Crippen LogP contribution < -0.4 is 0 Å². The van der Waals surface area contributed by atoms with Gasteiger partial charge in [-0.05, 0) is 17.5 Å². The molecule has 3 rings (SSSR count). The van der Waals surface area contributed by atoms with E-state index in [4.69, 9.17) is 9.84 Å². The lowest BCUT2D eigenvalue weighted by Crippen LogP contribution is -2.46. The van der Waals surface area contributed by atoms with E-state index in [-0.39, 0.29) is 31.3 Å². The highest BCUT2D eigenvalue weighted by atomic mass is 32.1. The molecule has 1 aromatic carbocycles. The summed E-state index contributed by atoms with van der Waals surface area (Å²) in [6.07, 6.45) is -0.685. The van der Waals surface area contributed by atoms with Gasteiger partial charge in [-0.2, -0.15) is 0 Å². The molecule has 1 unspecified atom stereocenters. The number of amides is 1. The molecule has 1 N–H and O–H groups in total. The van der Waals surface area contributed by atoms with Crippen LogP contribution >= 0.6 is 11.3 Å². The van der Waals surface area contributed by atoms with Crippen LogP contribution in [0.4, 0.5) is 0 Å². The van der Waals surface area contributed by atoms with Gasteiger partial charge in [0.2, 0.25) is 5.78 Å². The van der Waals surface area contributed by atoms with Gasteiger partial charge in [0.05, 0.1) is 29.6 Å². The van der Waals surface area contributed by atoms with Gasteiger partial charge < -0.3 is 14.7 Å². The Morgan fingerprint density at radius 3 is 2.60 bits per heavy atom. The van der Waals surface area contributed by atoms with Crippen molar-refractivity contribution in [3.63, 3.8) is 0 Å². The minimum atomic E-state index is -0.965. The zero-order valence-electron chi connectivity index (χ0n) is 13.4. The Hall–Kier alpha value is -2.51. The number of carboxylic acid groups (broad SMARTS) is 1. The van der Waals surface area contributed by atoms with Crippen molar-refractivity contribution in [3.8, 4) is 0 Å². The number of ether oxygens (including phenoxy) is 1. The highest BCUT2D eigenvalue weighted by Gasteiger charge is 2.28. The van der Waals surface area contributed by atoms with Gasteiger partial charge in [0.1, 0.15) is 0 Å². The van der Waals surface area contributed by atoms with Gasteiger partial charge in [-0.15, -0.1) is 11.3 Å². The third-order valence-electron chi connectivity index (χ3n) is 3.98. The van der Waals surface area contributed by atoms with Gasteiger partial charge >= 0.3 is 5.97 Å². The van der Waals surface area contributed by atoms with Crippen molar-refractivity contribution in [2.45, 2.75) is 12.5 Å². The minimum Gasteiger partial charge on any atom is -0.481 e. The molecule has 130 valence electrons. The molecule has 1 amide bonds. The third kappa shape index (κ3) is 3.94. The van der Waals surface area contributed by atoms with Crippen LogP contribution in [0, 0.1) is 0 Å². The summed E-state index contributed by atoms with van der Waals surface area (Å²) in [6.45, 7) is 0.855. The number of ketones is 1. The number of aliphatic carboxylic acids is 1. The molecule has 0 radical (unpaired) electrons. The Labute approximate surface area is 148 Å². The van der Waals surface area contributed by atoms with Crippen LogP contribution in [0.25, 0.3) is 0 Å². The number of morpholine rings is 1. The van der Waals surface area contributed by atoms with Gasteiger partial charge in [0, 0.05) is 18.7 Å². The standard InChI is InChI=1S/C18H17NO5S/c20-16(21)10-12-11-19(7-8-24-12)18(23)14-5-2-1-4-13(14)17(22)15-6-3-9-25-15/h1-6,9,12H,7-8,10-11H2,(H,20,21). The Bertz CT molecular complexity index is 787. The first-order chi connectivity index (χ1) is 12.1. The minimum absolute atomic E-state index is 0.153. The average molecular weight is 359 g/mol. The lowest BCUT2D eigenvalue weighted by atomic mass is 10.0. The molecule has 0 saturated carbocycles. The Morgan fingerprint density at radius 1 is 1.16 bits per heavy atom. The largest absolute Gasteiger partial charge is 0.481 e. The van der Waals surface area contributed by atoms with Crippen LogP contribution in [-0.4, -0.2) is 53.5 Å². The molecular weight excluding hydrogens is 342 g/mol. The highest BCUT2D eigenvalue weighted by molar-refractivity contribution is 7.12. The van der Waals surface area contributed by atoms with Crippen molar-refractivity contribution >= 4 is 29.0 Å². The van der Waals surface area contributed by atoms with Crippen LogP contribution in [0.3, 0.4) is 0 Å². The SMILES string of the molecule is O=C(O)CC1CN(C(=O)c2ccccc2C(=O)c2cccs2)CCO1. The Kier molecular flexibility index (Phi) is 5.25. The van der Waals surface area contributed by atoms with Gasteiger partial charge in [0.25, 0.3) is 5.91 Å². The lowest BCUT2D eigenvalue weighted by Gasteiger charge is -2.32. The monoisotopic (exact) mass is 359 g/mol. The summed E-state index contributed by atoms with van der Waals surface area (Å²) in [6, 6.07) is 10.2. The smallest absolute Gasteiger partial charge is 0.306 e. The second-order valence-corrected chi connectivity index (χ2v) is 6.64. The summed E-state index contributed by atoms with van der Waals surface area (Å²) in [5.41, 5.74) is 0.688. The molecule has 2 heterocycles. The van der Waals surface area contributed by atoms with E-state index in [9.17, 15) is 14.4 Å². The van der Waals surface area contributed by atoms with E-state index in [0.29, 0.717) is 22.5 Å². The predicted octanol–water partition coefficient (Wildman–Crippen LogP) is 2.29. The molecule has 1 aliphatic heterocycles. The first kappa shape index (κ1) is 17.3. The fraction of sp³-hybridized carbons (Fsp3) is 0.278. The molecule has 1 saturated heterocycles. The van der Waals surface area contributed by atoms with Crippen LogP contribution in [0.15, 0.2) is 41.8 Å². The van der Waals surface area contributed by atoms with Gasteiger partial charge in [-0.1, -0.05) is 24.3 Å². The topological polar surface area (TPSA) is 83.9 Å². The van der Waals surface area contributed by atoms with Crippen LogP contribution in [0.5, 0.6) is 0 Å². The maximum Gasteiger partial charge on any atom is 0.306 e. The zero-order valence-corrected chi connectivity index (χ0v) is 14.2. The van der Waals surface area contributed by atoms with E-state index in [1.165, 1.54) is 11.3 Å². The third-order valence-corrected chi connectivity index (χ3v) is 4.84. The molecule has 6 nitrogen and oxygen atoms in total. The number of hydrogen-bond donors (Lipinski definition) is 1. The van der Waals surface area contributed by atoms with Crippen molar-refractivity contribution in [2.24, 2.45) is 0 Å². The number of carboxylic acids is 1. The normalized spacial score (nSPS) is 17.3. The predicted molar refractivity (Wildman–Crippen MR) is 92.1 cm³/mol. The van der Waals surface area contributed by atoms with Crippen molar-refractivity contribution < 1.29 is 24.2 Å². The molecule has 25 heavy (non-hydrogen) atoms. The van der Waals surface area contributed by atoms with Crippen molar-refractivity contribution in [2.75, 3.05) is 19.7 Å². The summed E-state index contributed by atoms with van der Waals surface area (Å²) >= 11 is 1.33. The number of thiophene rings is 1. The number of benzene rings is 1. The number of carbonyl (C=O) groups is 3. The summed E-state index contributed by atoms with van der Waals surface area (Å²) in [7, 11) is 0. The summed E-state index contributed by atoms with van der Waals surface area (Å²) in [5.74, 6) is -1.43. The number of rotatable bonds is 5. The second-order valence-electron chi connectivity index (χ2n) is 5.69. The van der Waals surface area contributed by atoms with Gasteiger partial charge in [0.15, 0.2) is 0 Å². The molecule has 1 aliphatic rings. The van der Waals surface area contributed by atoms with Gasteiger partial charge in [-0.25, -0.2) is 0 Å². The average Bonchev–Trinajstić information content (AvgIpc) is 3.15. The van der Waals surface area contributed by atoms with E-state index >= 15 is 0 Å². The maximum absolute atomic E-state index is 12.9. The number of nitrogens with zero attached hydrogens (tertiary/aromatic N) is 1. The van der Waals surface area contributed by atoms with E-state index in [1.54, 1.807) is 41.3 Å². The highest BCUT2D eigenvalue weighted by Crippen LogP contribution is 2.21. The van der Waals surface area contributed by atoms with E-state index < -0.39 is 12.1 Å². The molecule has 0 spiro atoms. The second kappa shape index (κ2) is 7.58. The maximum atomic E-state index is 12.9. The van der Waals surface area contributed by atoms with Crippen molar-refractivity contribution in [3.05, 3.63) is 57.8 Å². The van der Waals surface area contributed by atoms with Crippen LogP contribution in [0.2, 0.25) is 0 Å². The molecule has 1 fully saturated rings. The van der Waals surface area contributed by atoms with E-state index in [1.807, 2.05) is 5.38 Å². The van der Waals surface area contributed by atoms with Crippen molar-refractivity contribution in [1.82, 2.24) is 4.90 Å². The quantitative estimate of drug-likeness (QED) is 0.828. The Balaban J connectivity index is 1.83. The first-order valence-corrected chi connectivity index (χ1v) is 8.74. The fourth-order valence-corrected chi connectivity index (χ4v) is 3.48. The molecule has 1 atom stereocenters.